The summed E-state index contributed by atoms with van der Waals surface area (Å²) in [5.41, 5.74) is 0.0807. The van der Waals surface area contributed by atoms with E-state index in [0.717, 1.165) is 0 Å². The Kier molecular flexibility index (Phi) is 3.99. The highest BCUT2D eigenvalue weighted by atomic mass is 32.2. The summed E-state index contributed by atoms with van der Waals surface area (Å²) in [6.07, 6.45) is 0.418. The summed E-state index contributed by atoms with van der Waals surface area (Å²) in [7, 11) is -1.53. The first-order valence-corrected chi connectivity index (χ1v) is 8.13. The number of nitrogens with zero attached hydrogens (tertiary/aromatic N) is 4. The lowest BCUT2D eigenvalue weighted by Gasteiger charge is -2.23. The van der Waals surface area contributed by atoms with Crippen molar-refractivity contribution in [3.05, 3.63) is 11.4 Å². The van der Waals surface area contributed by atoms with Gasteiger partial charge in [0, 0.05) is 13.1 Å². The molecule has 9 nitrogen and oxygen atoms in total. The third-order valence-corrected chi connectivity index (χ3v) is 5.37. The first-order valence-electron chi connectivity index (χ1n) is 6.31. The quantitative estimate of drug-likeness (QED) is 0.750. The van der Waals surface area contributed by atoms with Crippen LogP contribution in [0.5, 0.6) is 0 Å². The molecule has 1 fully saturated rings. The zero-order chi connectivity index (χ0) is 15.8. The van der Waals surface area contributed by atoms with Crippen molar-refractivity contribution in [2.75, 3.05) is 18.6 Å². The van der Waals surface area contributed by atoms with Crippen LogP contribution in [0.3, 0.4) is 0 Å². The fourth-order valence-corrected chi connectivity index (χ4v) is 4.01. The minimum absolute atomic E-state index is 0.0358. The second-order valence-corrected chi connectivity index (χ2v) is 7.28. The number of carboxylic acids is 1. The number of carboxylic acid groups (broad SMARTS) is 1. The number of hydrogen-bond acceptors (Lipinski definition) is 6. The van der Waals surface area contributed by atoms with Crippen LogP contribution >= 0.6 is 0 Å². The van der Waals surface area contributed by atoms with Crippen molar-refractivity contribution in [3.8, 4) is 0 Å². The zero-order valence-corrected chi connectivity index (χ0v) is 12.5. The molecule has 0 bridgehead atoms. The van der Waals surface area contributed by atoms with Gasteiger partial charge in [-0.1, -0.05) is 5.21 Å². The molecule has 0 spiro atoms. The van der Waals surface area contributed by atoms with E-state index < -0.39 is 15.8 Å². The third-order valence-electron chi connectivity index (χ3n) is 3.62. The maximum Gasteiger partial charge on any atom is 0.358 e. The topological polar surface area (TPSA) is 122 Å². The average Bonchev–Trinajstić information content (AvgIpc) is 2.92. The van der Waals surface area contributed by atoms with Crippen LogP contribution in [-0.2, 0) is 21.2 Å². The van der Waals surface area contributed by atoms with Gasteiger partial charge in [0.1, 0.15) is 6.54 Å². The molecule has 1 atom stereocenters. The molecule has 10 heteroatoms. The van der Waals surface area contributed by atoms with Gasteiger partial charge in [0.05, 0.1) is 17.2 Å². The number of carbonyl (C=O) groups excluding carboxylic acids is 1. The summed E-state index contributed by atoms with van der Waals surface area (Å²) in [5, 5.41) is 16.0. The van der Waals surface area contributed by atoms with Crippen LogP contribution in [0.25, 0.3) is 0 Å². The van der Waals surface area contributed by atoms with E-state index in [-0.39, 0.29) is 41.4 Å². The van der Waals surface area contributed by atoms with Crippen LogP contribution in [0.2, 0.25) is 0 Å². The molecule has 1 saturated heterocycles. The molecule has 2 rings (SSSR count). The second kappa shape index (κ2) is 5.43. The number of amides is 1. The fraction of sp³-hybridized carbons (Fsp3) is 0.636. The van der Waals surface area contributed by atoms with Crippen molar-refractivity contribution in [1.29, 1.82) is 0 Å². The van der Waals surface area contributed by atoms with Gasteiger partial charge in [0.2, 0.25) is 5.91 Å². The van der Waals surface area contributed by atoms with E-state index in [1.165, 1.54) is 23.6 Å². The van der Waals surface area contributed by atoms with Crippen LogP contribution in [0.1, 0.15) is 22.6 Å². The maximum absolute atomic E-state index is 12.1. The highest BCUT2D eigenvalue weighted by Gasteiger charge is 2.33. The molecule has 1 N–H and O–H groups in total. The Morgan fingerprint density at radius 1 is 1.48 bits per heavy atom. The zero-order valence-electron chi connectivity index (χ0n) is 11.7. The third kappa shape index (κ3) is 3.20. The van der Waals surface area contributed by atoms with E-state index in [1.807, 2.05) is 0 Å². The molecular weight excluding hydrogens is 300 g/mol. The highest BCUT2D eigenvalue weighted by Crippen LogP contribution is 2.17. The predicted octanol–water partition coefficient (Wildman–Crippen LogP) is -1.07. The number of sulfone groups is 1. The van der Waals surface area contributed by atoms with Gasteiger partial charge in [-0.25, -0.2) is 17.9 Å². The predicted molar refractivity (Wildman–Crippen MR) is 71.5 cm³/mol. The number of carbonyl (C=O) groups is 2. The van der Waals surface area contributed by atoms with Crippen LogP contribution in [0.15, 0.2) is 0 Å². The molecule has 1 amide bonds. The fourth-order valence-electron chi connectivity index (χ4n) is 2.23. The van der Waals surface area contributed by atoms with Crippen molar-refractivity contribution < 1.29 is 23.1 Å². The lowest BCUT2D eigenvalue weighted by molar-refractivity contribution is -0.132. The van der Waals surface area contributed by atoms with Crippen LogP contribution in [-0.4, -0.2) is 69.9 Å². The molecule has 0 aliphatic carbocycles. The Balaban J connectivity index is 2.06. The normalized spacial score (nSPS) is 20.4. The van der Waals surface area contributed by atoms with Crippen molar-refractivity contribution in [3.63, 3.8) is 0 Å². The molecule has 0 saturated carbocycles. The SMILES string of the molecule is Cc1c(C(=O)O)nnn1CC(=O)N(C)C1CCS(=O)(=O)C1. The minimum Gasteiger partial charge on any atom is -0.476 e. The van der Waals surface area contributed by atoms with E-state index in [9.17, 15) is 18.0 Å². The van der Waals surface area contributed by atoms with Gasteiger partial charge in [-0.2, -0.15) is 0 Å². The van der Waals surface area contributed by atoms with Gasteiger partial charge in [-0.15, -0.1) is 5.10 Å². The Bertz CT molecular complexity index is 681. The van der Waals surface area contributed by atoms with Crippen molar-refractivity contribution in [2.24, 2.45) is 0 Å². The molecule has 1 aromatic heterocycles. The van der Waals surface area contributed by atoms with Gasteiger partial charge >= 0.3 is 5.97 Å². The van der Waals surface area contributed by atoms with E-state index in [2.05, 4.69) is 10.3 Å². The summed E-state index contributed by atoms with van der Waals surface area (Å²) >= 11 is 0. The molecule has 1 aliphatic rings. The molecule has 21 heavy (non-hydrogen) atoms. The smallest absolute Gasteiger partial charge is 0.358 e. The highest BCUT2D eigenvalue weighted by molar-refractivity contribution is 7.91. The molecule has 0 aromatic carbocycles. The van der Waals surface area contributed by atoms with E-state index >= 15 is 0 Å². The van der Waals surface area contributed by atoms with E-state index in [0.29, 0.717) is 6.42 Å². The summed E-state index contributed by atoms with van der Waals surface area (Å²) < 4.78 is 24.1. The van der Waals surface area contributed by atoms with Gasteiger partial charge in [0.15, 0.2) is 15.5 Å². The van der Waals surface area contributed by atoms with Crippen molar-refractivity contribution in [1.82, 2.24) is 19.9 Å². The van der Waals surface area contributed by atoms with Crippen LogP contribution in [0, 0.1) is 6.92 Å². The standard InChI is InChI=1S/C11H16N4O5S/c1-7-10(11(17)18)12-13-15(7)5-9(16)14(2)8-3-4-21(19,20)6-8/h8H,3-6H2,1-2H3,(H,17,18). The summed E-state index contributed by atoms with van der Waals surface area (Å²) in [4.78, 5) is 24.4. The Morgan fingerprint density at radius 2 is 2.14 bits per heavy atom. The number of likely N-dealkylation sites (N-methyl/N-ethyl adjacent to an activating group) is 1. The Labute approximate surface area is 121 Å². The van der Waals surface area contributed by atoms with Gasteiger partial charge in [-0.3, -0.25) is 4.79 Å². The van der Waals surface area contributed by atoms with Gasteiger partial charge in [0.25, 0.3) is 0 Å². The molecule has 1 aromatic rings. The van der Waals surface area contributed by atoms with Crippen LogP contribution < -0.4 is 0 Å². The Morgan fingerprint density at radius 3 is 2.62 bits per heavy atom. The minimum atomic E-state index is -3.07. The monoisotopic (exact) mass is 316 g/mol. The second-order valence-electron chi connectivity index (χ2n) is 5.05. The largest absolute Gasteiger partial charge is 0.476 e. The lowest BCUT2D eigenvalue weighted by atomic mass is 10.2. The summed E-state index contributed by atoms with van der Waals surface area (Å²) in [6.45, 7) is 1.34. The Hall–Kier alpha value is -1.97. The molecule has 2 heterocycles. The molecular formula is C11H16N4O5S. The first kappa shape index (κ1) is 15.4. The van der Waals surface area contributed by atoms with Crippen molar-refractivity contribution >= 4 is 21.7 Å². The maximum atomic E-state index is 12.1. The van der Waals surface area contributed by atoms with Gasteiger partial charge < -0.3 is 10.0 Å². The summed E-state index contributed by atoms with van der Waals surface area (Å²) in [5.74, 6) is -1.49. The molecule has 0 radical (unpaired) electrons. The number of aromatic nitrogens is 3. The summed E-state index contributed by atoms with van der Waals surface area (Å²) in [6, 6.07) is -0.342. The van der Waals surface area contributed by atoms with E-state index in [4.69, 9.17) is 5.11 Å². The van der Waals surface area contributed by atoms with E-state index in [1.54, 1.807) is 0 Å². The number of hydrogen-bond donors (Lipinski definition) is 1. The average molecular weight is 316 g/mol. The number of rotatable bonds is 4. The number of aromatic carboxylic acids is 1. The van der Waals surface area contributed by atoms with Crippen molar-refractivity contribution in [2.45, 2.75) is 25.9 Å². The molecule has 116 valence electrons. The molecule has 1 aliphatic heterocycles. The molecule has 1 unspecified atom stereocenters. The van der Waals surface area contributed by atoms with Crippen LogP contribution in [0.4, 0.5) is 0 Å². The first-order chi connectivity index (χ1) is 9.71. The lowest BCUT2D eigenvalue weighted by Crippen LogP contribution is -2.40. The van der Waals surface area contributed by atoms with Gasteiger partial charge in [-0.05, 0) is 13.3 Å².